The summed E-state index contributed by atoms with van der Waals surface area (Å²) in [5.74, 6) is 0.587. The van der Waals surface area contributed by atoms with Crippen LogP contribution >= 0.6 is 0 Å². The second-order valence-corrected chi connectivity index (χ2v) is 12.7. The molecule has 3 heterocycles. The zero-order chi connectivity index (χ0) is 26.9. The average molecular weight is 544 g/mol. The lowest BCUT2D eigenvalue weighted by Gasteiger charge is -2.35. The number of hydrogen-bond donors (Lipinski definition) is 3. The van der Waals surface area contributed by atoms with Gasteiger partial charge in [-0.3, -0.25) is 9.52 Å². The van der Waals surface area contributed by atoms with Gasteiger partial charge in [0.25, 0.3) is 5.91 Å². The van der Waals surface area contributed by atoms with Crippen LogP contribution in [0.2, 0.25) is 0 Å². The number of carbonyl (C=O) groups is 1. The fourth-order valence-corrected chi connectivity index (χ4v) is 6.21. The van der Waals surface area contributed by atoms with Crippen LogP contribution in [0.4, 0.5) is 23.0 Å². The number of benzene rings is 1. The Bertz CT molecular complexity index is 1290. The van der Waals surface area contributed by atoms with Crippen molar-refractivity contribution < 1.29 is 23.1 Å². The van der Waals surface area contributed by atoms with Gasteiger partial charge in [0.2, 0.25) is 10.0 Å². The first-order valence-corrected chi connectivity index (χ1v) is 15.0. The standard InChI is InChI=1S/C27H37N5O5S/c1-19-15-24(28-25(16-19)32-11-13-37-20(2)18-32)29-26(34)22-4-3-21(30-38(35,36)14-12-33)17-23(22)31-9-7-27(5-6-27)8-10-31/h3-4,15-17,20,30,33H,5-14,18H2,1-2H3,(H,28,29,34)/t20-/m0/s1. The molecule has 0 radical (unpaired) electrons. The van der Waals surface area contributed by atoms with Crippen LogP contribution in [0.1, 0.15) is 48.5 Å². The summed E-state index contributed by atoms with van der Waals surface area (Å²) in [5.41, 5.74) is 2.97. The van der Waals surface area contributed by atoms with Crippen LogP contribution in [0, 0.1) is 12.3 Å². The number of amides is 1. The van der Waals surface area contributed by atoms with E-state index < -0.39 is 16.6 Å². The number of nitrogens with zero attached hydrogens (tertiary/aromatic N) is 3. The first-order valence-electron chi connectivity index (χ1n) is 13.3. The van der Waals surface area contributed by atoms with Crippen molar-refractivity contribution in [1.82, 2.24) is 4.98 Å². The third-order valence-electron chi connectivity index (χ3n) is 7.76. The zero-order valence-corrected chi connectivity index (χ0v) is 22.9. The van der Waals surface area contributed by atoms with E-state index >= 15 is 0 Å². The van der Waals surface area contributed by atoms with Crippen molar-refractivity contribution in [1.29, 1.82) is 0 Å². The van der Waals surface area contributed by atoms with Crippen molar-refractivity contribution in [2.75, 3.05) is 65.0 Å². The van der Waals surface area contributed by atoms with Crippen LogP contribution in [0.3, 0.4) is 0 Å². The van der Waals surface area contributed by atoms with E-state index in [-0.39, 0.29) is 17.8 Å². The SMILES string of the molecule is Cc1cc(NC(=O)c2ccc(NS(=O)(=O)CCO)cc2N2CCC3(CC2)CC3)nc(N2CCO[C@@H](C)C2)c1. The summed E-state index contributed by atoms with van der Waals surface area (Å²) in [4.78, 5) is 22.6. The van der Waals surface area contributed by atoms with Crippen LogP contribution in [-0.4, -0.2) is 75.7 Å². The molecule has 1 aromatic carbocycles. The summed E-state index contributed by atoms with van der Waals surface area (Å²) in [5, 5.41) is 12.1. The lowest BCUT2D eigenvalue weighted by Crippen LogP contribution is -2.41. The van der Waals surface area contributed by atoms with Crippen molar-refractivity contribution in [3.8, 4) is 0 Å². The third kappa shape index (κ3) is 6.22. The van der Waals surface area contributed by atoms with Gasteiger partial charge in [0.05, 0.1) is 42.0 Å². The number of ether oxygens (including phenoxy) is 1. The minimum Gasteiger partial charge on any atom is -0.395 e. The molecular weight excluding hydrogens is 506 g/mol. The molecule has 0 bridgehead atoms. The maximum atomic E-state index is 13.6. The molecule has 5 rings (SSSR count). The molecule has 3 fully saturated rings. The number of pyridine rings is 1. The van der Waals surface area contributed by atoms with Crippen LogP contribution in [0.25, 0.3) is 0 Å². The maximum Gasteiger partial charge on any atom is 0.258 e. The summed E-state index contributed by atoms with van der Waals surface area (Å²) in [6.45, 7) is 7.28. The van der Waals surface area contributed by atoms with Gasteiger partial charge >= 0.3 is 0 Å². The Balaban J connectivity index is 1.40. The number of aryl methyl sites for hydroxylation is 1. The van der Waals surface area contributed by atoms with Crippen molar-refractivity contribution in [2.45, 2.75) is 45.6 Å². The van der Waals surface area contributed by atoms with E-state index in [0.29, 0.717) is 34.8 Å². The highest BCUT2D eigenvalue weighted by molar-refractivity contribution is 7.92. The molecule has 3 aliphatic rings. The third-order valence-corrected chi connectivity index (χ3v) is 9.03. The summed E-state index contributed by atoms with van der Waals surface area (Å²) in [6, 6.07) is 8.82. The van der Waals surface area contributed by atoms with Gasteiger partial charge in [-0.15, -0.1) is 0 Å². The van der Waals surface area contributed by atoms with Crippen LogP contribution in [0.15, 0.2) is 30.3 Å². The fourth-order valence-electron chi connectivity index (χ4n) is 5.38. The van der Waals surface area contributed by atoms with Crippen molar-refractivity contribution in [2.24, 2.45) is 5.41 Å². The molecule has 1 amide bonds. The van der Waals surface area contributed by atoms with E-state index in [1.54, 1.807) is 18.2 Å². The number of morpholine rings is 1. The lowest BCUT2D eigenvalue weighted by atomic mass is 9.93. The number of anilines is 4. The number of nitrogens with one attached hydrogen (secondary N) is 2. The summed E-state index contributed by atoms with van der Waals surface area (Å²) >= 11 is 0. The average Bonchev–Trinajstić information content (AvgIpc) is 3.62. The van der Waals surface area contributed by atoms with Gasteiger partial charge in [0.1, 0.15) is 11.6 Å². The Morgan fingerprint density at radius 2 is 1.89 bits per heavy atom. The number of hydrogen-bond acceptors (Lipinski definition) is 8. The highest BCUT2D eigenvalue weighted by atomic mass is 32.2. The quantitative estimate of drug-likeness (QED) is 0.464. The van der Waals surface area contributed by atoms with E-state index in [1.807, 2.05) is 26.0 Å². The summed E-state index contributed by atoms with van der Waals surface area (Å²) < 4.78 is 32.7. The van der Waals surface area contributed by atoms with Gasteiger partial charge < -0.3 is 25.0 Å². The number of aliphatic hydroxyl groups is 1. The Hall–Kier alpha value is -2.89. The van der Waals surface area contributed by atoms with Gasteiger partial charge in [0, 0.05) is 26.2 Å². The molecule has 2 aliphatic heterocycles. The molecule has 3 N–H and O–H groups in total. The van der Waals surface area contributed by atoms with Crippen LogP contribution in [0.5, 0.6) is 0 Å². The molecule has 206 valence electrons. The molecule has 2 saturated heterocycles. The molecule has 0 unspecified atom stereocenters. The number of rotatable bonds is 8. The monoisotopic (exact) mass is 543 g/mol. The van der Waals surface area contributed by atoms with Gasteiger partial charge in [0.15, 0.2) is 0 Å². The largest absolute Gasteiger partial charge is 0.395 e. The Labute approximate surface area is 224 Å². The van der Waals surface area contributed by atoms with Crippen LogP contribution in [-0.2, 0) is 14.8 Å². The minimum atomic E-state index is -3.69. The van der Waals surface area contributed by atoms with Gasteiger partial charge in [-0.05, 0) is 80.8 Å². The van der Waals surface area contributed by atoms with E-state index in [0.717, 1.165) is 50.4 Å². The molecular formula is C27H37N5O5S. The van der Waals surface area contributed by atoms with E-state index in [2.05, 4.69) is 19.8 Å². The number of sulfonamides is 1. The highest BCUT2D eigenvalue weighted by Crippen LogP contribution is 2.54. The molecule has 1 aromatic heterocycles. The van der Waals surface area contributed by atoms with E-state index in [1.165, 1.54) is 12.8 Å². The molecule has 1 aliphatic carbocycles. The molecule has 11 heteroatoms. The first kappa shape index (κ1) is 26.7. The minimum absolute atomic E-state index is 0.110. The summed E-state index contributed by atoms with van der Waals surface area (Å²) in [6.07, 6.45) is 4.76. The predicted octanol–water partition coefficient (Wildman–Crippen LogP) is 2.98. The van der Waals surface area contributed by atoms with Crippen LogP contribution < -0.4 is 19.8 Å². The normalized spacial score (nSPS) is 20.9. The predicted molar refractivity (Wildman–Crippen MR) is 149 cm³/mol. The Morgan fingerprint density at radius 1 is 1.13 bits per heavy atom. The molecule has 1 atom stereocenters. The second kappa shape index (κ2) is 10.7. The maximum absolute atomic E-state index is 13.6. The first-order chi connectivity index (χ1) is 18.2. The summed E-state index contributed by atoms with van der Waals surface area (Å²) in [7, 11) is -3.69. The molecule has 38 heavy (non-hydrogen) atoms. The van der Waals surface area contributed by atoms with Gasteiger partial charge in [-0.2, -0.15) is 0 Å². The molecule has 1 spiro atoms. The second-order valence-electron chi connectivity index (χ2n) is 10.8. The number of piperidine rings is 1. The Kier molecular flexibility index (Phi) is 7.52. The smallest absolute Gasteiger partial charge is 0.258 e. The molecule has 2 aromatic rings. The number of carbonyl (C=O) groups excluding carboxylic acids is 1. The fraction of sp³-hybridized carbons (Fsp3) is 0.556. The highest BCUT2D eigenvalue weighted by Gasteiger charge is 2.44. The van der Waals surface area contributed by atoms with Gasteiger partial charge in [-0.1, -0.05) is 0 Å². The van der Waals surface area contributed by atoms with E-state index in [9.17, 15) is 13.2 Å². The topological polar surface area (TPSA) is 124 Å². The van der Waals surface area contributed by atoms with Crippen molar-refractivity contribution in [3.63, 3.8) is 0 Å². The van der Waals surface area contributed by atoms with Crippen molar-refractivity contribution >= 4 is 38.9 Å². The number of aromatic nitrogens is 1. The van der Waals surface area contributed by atoms with Crippen molar-refractivity contribution in [3.05, 3.63) is 41.5 Å². The van der Waals surface area contributed by atoms with E-state index in [4.69, 9.17) is 14.8 Å². The Morgan fingerprint density at radius 3 is 2.58 bits per heavy atom. The number of aliphatic hydroxyl groups excluding tert-OH is 1. The van der Waals surface area contributed by atoms with Gasteiger partial charge in [-0.25, -0.2) is 13.4 Å². The molecule has 10 nitrogen and oxygen atoms in total. The zero-order valence-electron chi connectivity index (χ0n) is 22.1. The molecule has 1 saturated carbocycles. The lowest BCUT2D eigenvalue weighted by molar-refractivity contribution is 0.0529.